The van der Waals surface area contributed by atoms with Gasteiger partial charge in [0.1, 0.15) is 0 Å². The van der Waals surface area contributed by atoms with Gasteiger partial charge in [0.05, 0.1) is 16.9 Å². The Morgan fingerprint density at radius 3 is 2.37 bits per heavy atom. The number of fused-ring (bicyclic) bond motifs is 2. The minimum atomic E-state index is -4.34. The number of hydrogen-bond donors (Lipinski definition) is 1. The van der Waals surface area contributed by atoms with Gasteiger partial charge in [-0.3, -0.25) is 0 Å². The maximum atomic E-state index is 13.3. The van der Waals surface area contributed by atoms with E-state index in [1.807, 2.05) is 24.3 Å². The van der Waals surface area contributed by atoms with E-state index in [1.165, 1.54) is 23.9 Å². The predicted octanol–water partition coefficient (Wildman–Crippen LogP) is 5.79. The van der Waals surface area contributed by atoms with E-state index < -0.39 is 11.7 Å². The molecule has 8 heteroatoms. The molecule has 0 radical (unpaired) electrons. The Balaban J connectivity index is 0.00000256. The summed E-state index contributed by atoms with van der Waals surface area (Å²) >= 11 is 1.54. The Kier molecular flexibility index (Phi) is 7.61. The summed E-state index contributed by atoms with van der Waals surface area (Å²) in [5.41, 5.74) is 6.83. The number of rotatable bonds is 5. The van der Waals surface area contributed by atoms with Gasteiger partial charge in [0.2, 0.25) is 0 Å². The average Bonchev–Trinajstić information content (AvgIpc) is 2.72. The fourth-order valence-electron chi connectivity index (χ4n) is 4.14. The summed E-state index contributed by atoms with van der Waals surface area (Å²) in [6.07, 6.45) is -1.16. The van der Waals surface area contributed by atoms with Gasteiger partial charge in [-0.25, -0.2) is 0 Å². The van der Waals surface area contributed by atoms with Crippen molar-refractivity contribution in [3.05, 3.63) is 48.0 Å². The van der Waals surface area contributed by atoms with E-state index in [0.29, 0.717) is 18.2 Å². The highest BCUT2D eigenvalue weighted by atomic mass is 35.5. The van der Waals surface area contributed by atoms with Crippen LogP contribution in [0.1, 0.15) is 24.8 Å². The van der Waals surface area contributed by atoms with Crippen LogP contribution in [0.4, 0.5) is 24.5 Å². The van der Waals surface area contributed by atoms with Gasteiger partial charge in [0.25, 0.3) is 0 Å². The molecule has 1 saturated heterocycles. The van der Waals surface area contributed by atoms with Gasteiger partial charge in [0.15, 0.2) is 0 Å². The summed E-state index contributed by atoms with van der Waals surface area (Å²) in [4.78, 5) is 6.47. The zero-order chi connectivity index (χ0) is 20.4. The zero-order valence-electron chi connectivity index (χ0n) is 16.7. The minimum absolute atomic E-state index is 0. The second-order valence-corrected chi connectivity index (χ2v) is 8.86. The van der Waals surface area contributed by atoms with Crippen molar-refractivity contribution < 1.29 is 13.2 Å². The molecule has 3 nitrogen and oxygen atoms in total. The van der Waals surface area contributed by atoms with Crippen LogP contribution in [-0.4, -0.2) is 37.6 Å². The number of piperidine rings is 1. The van der Waals surface area contributed by atoms with Crippen molar-refractivity contribution in [3.63, 3.8) is 0 Å². The van der Waals surface area contributed by atoms with Gasteiger partial charge in [-0.1, -0.05) is 23.9 Å². The molecule has 4 rings (SSSR count). The third-order valence-electron chi connectivity index (χ3n) is 5.85. The van der Waals surface area contributed by atoms with Crippen molar-refractivity contribution >= 4 is 35.5 Å². The van der Waals surface area contributed by atoms with Gasteiger partial charge < -0.3 is 15.5 Å². The lowest BCUT2D eigenvalue weighted by atomic mass is 9.97. The standard InChI is InChI=1S/C22H26F3N3S.ClH/c23-22(24,25)17-6-7-21-19(14-17)28(18-4-1-2-5-20(18)29-21)11-3-10-27-12-8-16(15-26)9-13-27;/h1-2,4-7,14,16H,3,8-13,15,26H2;1H. The Bertz CT molecular complexity index is 854. The van der Waals surface area contributed by atoms with Gasteiger partial charge >= 0.3 is 6.18 Å². The molecule has 1 fully saturated rings. The normalized spacial score (nSPS) is 17.3. The van der Waals surface area contributed by atoms with Crippen molar-refractivity contribution in [1.29, 1.82) is 0 Å². The van der Waals surface area contributed by atoms with Crippen molar-refractivity contribution in [2.45, 2.75) is 35.2 Å². The highest BCUT2D eigenvalue weighted by Crippen LogP contribution is 2.49. The number of nitrogens with zero attached hydrogens (tertiary/aromatic N) is 2. The lowest BCUT2D eigenvalue weighted by Gasteiger charge is -2.35. The van der Waals surface area contributed by atoms with E-state index >= 15 is 0 Å². The highest BCUT2D eigenvalue weighted by molar-refractivity contribution is 7.99. The number of anilines is 2. The number of para-hydroxylation sites is 1. The molecule has 164 valence electrons. The first kappa shape index (κ1) is 23.3. The molecule has 2 aromatic carbocycles. The van der Waals surface area contributed by atoms with Gasteiger partial charge in [-0.2, -0.15) is 13.2 Å². The van der Waals surface area contributed by atoms with Crippen LogP contribution >= 0.6 is 24.2 Å². The summed E-state index contributed by atoms with van der Waals surface area (Å²) in [7, 11) is 0. The van der Waals surface area contributed by atoms with E-state index in [9.17, 15) is 13.2 Å². The number of halogens is 4. The largest absolute Gasteiger partial charge is 0.416 e. The van der Waals surface area contributed by atoms with Gasteiger partial charge in [0, 0.05) is 16.3 Å². The van der Waals surface area contributed by atoms with Crippen molar-refractivity contribution in [2.75, 3.05) is 37.6 Å². The molecule has 0 aromatic heterocycles. The summed E-state index contributed by atoms with van der Waals surface area (Å²) in [5, 5.41) is 0. The molecule has 0 unspecified atom stereocenters. The maximum absolute atomic E-state index is 13.3. The van der Waals surface area contributed by atoms with Crippen molar-refractivity contribution in [3.8, 4) is 0 Å². The van der Waals surface area contributed by atoms with Gasteiger partial charge in [-0.05, 0) is 81.7 Å². The van der Waals surface area contributed by atoms with Crippen LogP contribution in [0.5, 0.6) is 0 Å². The topological polar surface area (TPSA) is 32.5 Å². The molecule has 0 spiro atoms. The third kappa shape index (κ3) is 5.07. The smallest absolute Gasteiger partial charge is 0.340 e. The third-order valence-corrected chi connectivity index (χ3v) is 6.98. The Morgan fingerprint density at radius 1 is 0.967 bits per heavy atom. The maximum Gasteiger partial charge on any atom is 0.416 e. The van der Waals surface area contributed by atoms with E-state index in [4.69, 9.17) is 5.73 Å². The van der Waals surface area contributed by atoms with E-state index in [-0.39, 0.29) is 12.4 Å². The number of hydrogen-bond acceptors (Lipinski definition) is 4. The first-order valence-corrected chi connectivity index (χ1v) is 11.0. The quantitative estimate of drug-likeness (QED) is 0.615. The van der Waals surface area contributed by atoms with Crippen LogP contribution in [0.2, 0.25) is 0 Å². The number of likely N-dealkylation sites (tertiary alicyclic amines) is 1. The van der Waals surface area contributed by atoms with E-state index in [2.05, 4.69) is 9.80 Å². The SMILES string of the molecule is Cl.NCC1CCN(CCCN2c3ccccc3Sc3ccc(C(F)(F)F)cc32)CC1. The van der Waals surface area contributed by atoms with Crippen molar-refractivity contribution in [2.24, 2.45) is 11.7 Å². The fourth-order valence-corrected chi connectivity index (χ4v) is 5.22. The molecule has 0 saturated carbocycles. The first-order valence-electron chi connectivity index (χ1n) is 10.1. The monoisotopic (exact) mass is 457 g/mol. The first-order chi connectivity index (χ1) is 14.0. The van der Waals surface area contributed by atoms with Crippen molar-refractivity contribution in [1.82, 2.24) is 4.90 Å². The van der Waals surface area contributed by atoms with Crippen LogP contribution in [0.3, 0.4) is 0 Å². The van der Waals surface area contributed by atoms with Crippen LogP contribution in [-0.2, 0) is 6.18 Å². The Hall–Kier alpha value is -1.41. The predicted molar refractivity (Wildman–Crippen MR) is 119 cm³/mol. The van der Waals surface area contributed by atoms with Crippen LogP contribution in [0, 0.1) is 5.92 Å². The van der Waals surface area contributed by atoms with E-state index in [1.54, 1.807) is 6.07 Å². The minimum Gasteiger partial charge on any atom is -0.340 e. The molecule has 0 atom stereocenters. The van der Waals surface area contributed by atoms with Crippen LogP contribution in [0.25, 0.3) is 0 Å². The average molecular weight is 458 g/mol. The van der Waals surface area contributed by atoms with Crippen LogP contribution < -0.4 is 10.6 Å². The Labute approximate surface area is 186 Å². The molecule has 2 N–H and O–H groups in total. The molecule has 0 bridgehead atoms. The number of benzene rings is 2. The lowest BCUT2D eigenvalue weighted by molar-refractivity contribution is -0.137. The zero-order valence-corrected chi connectivity index (χ0v) is 18.3. The van der Waals surface area contributed by atoms with Gasteiger partial charge in [-0.15, -0.1) is 12.4 Å². The second kappa shape index (κ2) is 9.81. The molecular weight excluding hydrogens is 431 g/mol. The number of nitrogens with two attached hydrogens (primary N) is 1. The fraction of sp³-hybridized carbons (Fsp3) is 0.455. The summed E-state index contributed by atoms with van der Waals surface area (Å²) in [6.45, 7) is 4.53. The van der Waals surface area contributed by atoms with Crippen LogP contribution in [0.15, 0.2) is 52.3 Å². The molecule has 2 aliphatic heterocycles. The summed E-state index contributed by atoms with van der Waals surface area (Å²) < 4.78 is 39.9. The second-order valence-electron chi connectivity index (χ2n) is 7.78. The van der Waals surface area contributed by atoms with E-state index in [0.717, 1.165) is 60.9 Å². The molecule has 0 aliphatic carbocycles. The molecule has 2 aliphatic rings. The lowest BCUT2D eigenvalue weighted by Crippen LogP contribution is -2.37. The molecular formula is C22H27ClF3N3S. The summed E-state index contributed by atoms with van der Waals surface area (Å²) in [5.74, 6) is 0.630. The molecule has 2 heterocycles. The molecule has 2 aromatic rings. The number of alkyl halides is 3. The Morgan fingerprint density at radius 2 is 1.67 bits per heavy atom. The highest BCUT2D eigenvalue weighted by Gasteiger charge is 2.33. The summed E-state index contributed by atoms with van der Waals surface area (Å²) in [6, 6.07) is 12.0. The molecule has 0 amide bonds. The molecule has 30 heavy (non-hydrogen) atoms.